The fraction of sp³-hybridized carbons (Fsp3) is 0.0417. The van der Waals surface area contributed by atoms with Crippen LogP contribution in [0, 0.1) is 0 Å². The van der Waals surface area contributed by atoms with Crippen molar-refractivity contribution in [2.24, 2.45) is 0 Å². The summed E-state index contributed by atoms with van der Waals surface area (Å²) in [6.45, 7) is 0. The largest absolute Gasteiger partial charge is 0.481 e. The predicted octanol–water partition coefficient (Wildman–Crippen LogP) is 12.4. The molecule has 1 aliphatic heterocycles. The van der Waals surface area contributed by atoms with Crippen LogP contribution in [0.2, 0.25) is 0 Å². The summed E-state index contributed by atoms with van der Waals surface area (Å²) in [6.07, 6.45) is 6.72. The van der Waals surface area contributed by atoms with Crippen molar-refractivity contribution in [2.45, 2.75) is 12.0 Å². The molecule has 4 heteroatoms. The molecule has 10 aromatic rings. The van der Waals surface area contributed by atoms with E-state index in [2.05, 4.69) is 179 Å². The summed E-state index contributed by atoms with van der Waals surface area (Å²) in [5.74, 6) is 0.848. The zero-order valence-electron chi connectivity index (χ0n) is 28.0. The first-order valence-electron chi connectivity index (χ1n) is 17.9. The van der Waals surface area contributed by atoms with E-state index in [1.165, 1.54) is 60.3 Å². The van der Waals surface area contributed by atoms with Crippen molar-refractivity contribution in [3.05, 3.63) is 175 Å². The Kier molecular flexibility index (Phi) is 5.58. The molecule has 4 nitrogen and oxygen atoms in total. The third kappa shape index (κ3) is 3.76. The Morgan fingerprint density at radius 1 is 0.500 bits per heavy atom. The van der Waals surface area contributed by atoms with Gasteiger partial charge in [-0.3, -0.25) is 0 Å². The first-order chi connectivity index (χ1) is 25.8. The number of hydrogen-bond acceptors (Lipinski definition) is 2. The molecular formula is C48H30N2O2. The smallest absolute Gasteiger partial charge is 0.177 e. The van der Waals surface area contributed by atoms with Crippen LogP contribution in [-0.4, -0.2) is 15.2 Å². The van der Waals surface area contributed by atoms with E-state index in [-0.39, 0.29) is 12.0 Å². The number of furan rings is 1. The monoisotopic (exact) mass is 666 g/mol. The number of hydrogen-bond donors (Lipinski definition) is 0. The average Bonchev–Trinajstić information content (AvgIpc) is 3.95. The van der Waals surface area contributed by atoms with Crippen LogP contribution in [0.3, 0.4) is 0 Å². The second-order valence-electron chi connectivity index (χ2n) is 14.0. The zero-order valence-corrected chi connectivity index (χ0v) is 28.0. The first-order valence-corrected chi connectivity index (χ1v) is 17.9. The highest BCUT2D eigenvalue weighted by molar-refractivity contribution is 6.13. The summed E-state index contributed by atoms with van der Waals surface area (Å²) in [7, 11) is 0. The van der Waals surface area contributed by atoms with Gasteiger partial charge in [0.25, 0.3) is 0 Å². The molecular weight excluding hydrogens is 637 g/mol. The Balaban J connectivity index is 1.09. The third-order valence-electron chi connectivity index (χ3n) is 11.2. The minimum absolute atomic E-state index is 0.0101. The van der Waals surface area contributed by atoms with Gasteiger partial charge in [0.05, 0.1) is 22.1 Å². The molecule has 1 aliphatic carbocycles. The van der Waals surface area contributed by atoms with Gasteiger partial charge in [0.15, 0.2) is 11.3 Å². The van der Waals surface area contributed by atoms with Crippen LogP contribution in [0.4, 0.5) is 0 Å². The van der Waals surface area contributed by atoms with E-state index in [0.717, 1.165) is 39.1 Å². The Hall–Kier alpha value is -6.78. The molecule has 2 unspecified atom stereocenters. The quantitative estimate of drug-likeness (QED) is 0.188. The van der Waals surface area contributed by atoms with E-state index in [1.807, 2.05) is 0 Å². The Morgan fingerprint density at radius 3 is 1.71 bits per heavy atom. The summed E-state index contributed by atoms with van der Waals surface area (Å²) in [6, 6.07) is 54.3. The molecule has 0 saturated carbocycles. The highest BCUT2D eigenvalue weighted by Crippen LogP contribution is 2.53. The lowest BCUT2D eigenvalue weighted by atomic mass is 9.85. The van der Waals surface area contributed by atoms with Gasteiger partial charge in [-0.2, -0.15) is 0 Å². The number of aromatic nitrogens is 2. The molecule has 244 valence electrons. The van der Waals surface area contributed by atoms with Crippen molar-refractivity contribution in [1.29, 1.82) is 0 Å². The second-order valence-corrected chi connectivity index (χ2v) is 14.0. The van der Waals surface area contributed by atoms with Gasteiger partial charge in [-0.25, -0.2) is 0 Å². The molecule has 3 aromatic heterocycles. The fourth-order valence-electron chi connectivity index (χ4n) is 9.02. The molecule has 0 fully saturated rings. The van der Waals surface area contributed by atoms with E-state index < -0.39 is 0 Å². The van der Waals surface area contributed by atoms with E-state index >= 15 is 0 Å². The second kappa shape index (κ2) is 10.4. The van der Waals surface area contributed by atoms with Gasteiger partial charge in [-0.05, 0) is 77.9 Å². The van der Waals surface area contributed by atoms with Gasteiger partial charge >= 0.3 is 0 Å². The zero-order chi connectivity index (χ0) is 33.9. The van der Waals surface area contributed by atoms with Crippen molar-refractivity contribution < 1.29 is 9.15 Å². The first kappa shape index (κ1) is 28.0. The average molecular weight is 667 g/mol. The SMILES string of the molecule is C1=CC2Oc3c(c(-c4ccccc4)cc4c3oc3ccc(-n5c6ccccc6c6ccccc65)cc34)C2C=C1n1c2ccccc2c2ccccc21. The molecule has 0 radical (unpaired) electrons. The van der Waals surface area contributed by atoms with Crippen LogP contribution < -0.4 is 4.74 Å². The maximum absolute atomic E-state index is 6.93. The van der Waals surface area contributed by atoms with Gasteiger partial charge in [-0.15, -0.1) is 0 Å². The van der Waals surface area contributed by atoms with Crippen LogP contribution in [0.15, 0.2) is 174 Å². The lowest BCUT2D eigenvalue weighted by Crippen LogP contribution is -2.18. The van der Waals surface area contributed by atoms with Gasteiger partial charge in [0, 0.05) is 55.2 Å². The van der Waals surface area contributed by atoms with E-state index in [0.29, 0.717) is 0 Å². The Labute approximate surface area is 298 Å². The number of rotatable bonds is 3. The van der Waals surface area contributed by atoms with Crippen LogP contribution in [-0.2, 0) is 0 Å². The van der Waals surface area contributed by atoms with E-state index in [1.54, 1.807) is 0 Å². The highest BCUT2D eigenvalue weighted by atomic mass is 16.5. The molecule has 4 heterocycles. The predicted molar refractivity (Wildman–Crippen MR) is 214 cm³/mol. The maximum atomic E-state index is 6.93. The number of para-hydroxylation sites is 4. The Bertz CT molecular complexity index is 3070. The number of nitrogens with zero attached hydrogens (tertiary/aromatic N) is 2. The molecule has 52 heavy (non-hydrogen) atoms. The number of benzene rings is 7. The maximum Gasteiger partial charge on any atom is 0.177 e. The van der Waals surface area contributed by atoms with Gasteiger partial charge in [0.1, 0.15) is 11.7 Å². The molecule has 0 bridgehead atoms. The number of ether oxygens (including phenoxy) is 1. The number of fused-ring (bicyclic) bond motifs is 13. The van der Waals surface area contributed by atoms with Crippen LogP contribution in [0.1, 0.15) is 11.5 Å². The van der Waals surface area contributed by atoms with Gasteiger partial charge < -0.3 is 18.3 Å². The molecule has 2 atom stereocenters. The van der Waals surface area contributed by atoms with Crippen molar-refractivity contribution in [2.75, 3.05) is 0 Å². The molecule has 7 aromatic carbocycles. The third-order valence-corrected chi connectivity index (χ3v) is 11.2. The summed E-state index contributed by atoms with van der Waals surface area (Å²) < 4.78 is 18.5. The minimum atomic E-state index is -0.138. The molecule has 0 saturated heterocycles. The summed E-state index contributed by atoms with van der Waals surface area (Å²) in [5, 5.41) is 7.14. The molecule has 0 N–H and O–H groups in total. The lowest BCUT2D eigenvalue weighted by Gasteiger charge is -2.21. The Morgan fingerprint density at radius 2 is 1.08 bits per heavy atom. The topological polar surface area (TPSA) is 32.2 Å². The highest BCUT2D eigenvalue weighted by Gasteiger charge is 2.39. The van der Waals surface area contributed by atoms with Gasteiger partial charge in [0.2, 0.25) is 0 Å². The summed E-state index contributed by atoms with van der Waals surface area (Å²) >= 11 is 0. The van der Waals surface area contributed by atoms with Crippen molar-refractivity contribution in [3.63, 3.8) is 0 Å². The van der Waals surface area contributed by atoms with Crippen molar-refractivity contribution in [3.8, 4) is 22.6 Å². The van der Waals surface area contributed by atoms with Crippen LogP contribution in [0.5, 0.6) is 5.75 Å². The van der Waals surface area contributed by atoms with Crippen LogP contribution in [0.25, 0.3) is 88.1 Å². The van der Waals surface area contributed by atoms with Crippen molar-refractivity contribution in [1.82, 2.24) is 9.13 Å². The summed E-state index contributed by atoms with van der Waals surface area (Å²) in [5.41, 5.74) is 12.2. The van der Waals surface area contributed by atoms with E-state index in [4.69, 9.17) is 9.15 Å². The molecule has 12 rings (SSSR count). The van der Waals surface area contributed by atoms with Crippen molar-refractivity contribution >= 4 is 71.2 Å². The molecule has 2 aliphatic rings. The molecule has 0 amide bonds. The standard InChI is InChI=1S/C48H30N2O2/c1-2-12-29(13-3-1)36-28-38-37-26-30(49-40-18-8-4-14-32(40)33-15-5-9-19-41(33)49)22-24-44(37)51-47(38)48-46(36)39-27-31(23-25-45(39)52-48)50-42-20-10-6-16-34(42)35-17-7-11-21-43(35)50/h1-28,39,45H. The normalized spacial score (nSPS) is 16.7. The lowest BCUT2D eigenvalue weighted by molar-refractivity contribution is 0.269. The number of allylic oxidation sites excluding steroid dienone is 2. The minimum Gasteiger partial charge on any atom is -0.481 e. The summed E-state index contributed by atoms with van der Waals surface area (Å²) in [4.78, 5) is 0. The van der Waals surface area contributed by atoms with Crippen LogP contribution >= 0.6 is 0 Å². The fourth-order valence-corrected chi connectivity index (χ4v) is 9.02. The molecule has 0 spiro atoms. The van der Waals surface area contributed by atoms with E-state index in [9.17, 15) is 0 Å². The van der Waals surface area contributed by atoms with Gasteiger partial charge in [-0.1, -0.05) is 103 Å².